The third-order valence-electron chi connectivity index (χ3n) is 2.43. The van der Waals surface area contributed by atoms with Crippen molar-refractivity contribution in [3.63, 3.8) is 0 Å². The zero-order valence-corrected chi connectivity index (χ0v) is 12.1. The SMILES string of the molecule is COc1ccc(Br)c(C(=O)N[C@H](CC(N)=O)C(=O)O)c1. The molecule has 2 amide bonds. The van der Waals surface area contributed by atoms with Gasteiger partial charge < -0.3 is 20.9 Å². The molecule has 0 heterocycles. The van der Waals surface area contributed by atoms with Crippen LogP contribution in [0.25, 0.3) is 0 Å². The van der Waals surface area contributed by atoms with Gasteiger partial charge >= 0.3 is 5.97 Å². The minimum atomic E-state index is -1.38. The first kappa shape index (κ1) is 16.0. The average Bonchev–Trinajstić information content (AvgIpc) is 2.37. The fourth-order valence-corrected chi connectivity index (χ4v) is 1.87. The normalized spacial score (nSPS) is 11.5. The molecule has 0 saturated carbocycles. The molecule has 7 nitrogen and oxygen atoms in total. The maximum absolute atomic E-state index is 12.0. The van der Waals surface area contributed by atoms with Crippen molar-refractivity contribution in [3.8, 4) is 5.75 Å². The molecule has 0 radical (unpaired) electrons. The monoisotopic (exact) mass is 344 g/mol. The molecule has 0 spiro atoms. The van der Waals surface area contributed by atoms with E-state index < -0.39 is 30.2 Å². The minimum absolute atomic E-state index is 0.195. The number of carbonyl (C=O) groups excluding carboxylic acids is 2. The Balaban J connectivity index is 2.94. The number of carboxylic acids is 1. The fourth-order valence-electron chi connectivity index (χ4n) is 1.44. The van der Waals surface area contributed by atoms with Gasteiger partial charge in [0.25, 0.3) is 5.91 Å². The smallest absolute Gasteiger partial charge is 0.326 e. The second kappa shape index (κ2) is 6.90. The van der Waals surface area contributed by atoms with Gasteiger partial charge in [0.1, 0.15) is 11.8 Å². The first-order valence-corrected chi connectivity index (χ1v) is 6.30. The van der Waals surface area contributed by atoms with Crippen LogP contribution in [0.4, 0.5) is 0 Å². The number of nitrogens with two attached hydrogens (primary N) is 1. The number of carbonyl (C=O) groups is 3. The molecule has 0 aliphatic carbocycles. The molecule has 0 aliphatic heterocycles. The number of hydrogen-bond acceptors (Lipinski definition) is 4. The van der Waals surface area contributed by atoms with Crippen molar-refractivity contribution < 1.29 is 24.2 Å². The molecule has 0 aromatic heterocycles. The summed E-state index contributed by atoms with van der Waals surface area (Å²) in [7, 11) is 1.44. The van der Waals surface area contributed by atoms with Crippen molar-refractivity contribution in [2.45, 2.75) is 12.5 Å². The number of rotatable bonds is 6. The first-order chi connectivity index (χ1) is 9.35. The molecule has 0 saturated heterocycles. The molecular weight excluding hydrogens is 332 g/mol. The largest absolute Gasteiger partial charge is 0.497 e. The lowest BCUT2D eigenvalue weighted by atomic mass is 10.1. The summed E-state index contributed by atoms with van der Waals surface area (Å²) in [5.41, 5.74) is 5.13. The lowest BCUT2D eigenvalue weighted by molar-refractivity contribution is -0.140. The topological polar surface area (TPSA) is 119 Å². The van der Waals surface area contributed by atoms with E-state index in [1.165, 1.54) is 13.2 Å². The van der Waals surface area contributed by atoms with Crippen molar-refractivity contribution >= 4 is 33.7 Å². The van der Waals surface area contributed by atoms with Crippen molar-refractivity contribution in [2.75, 3.05) is 7.11 Å². The summed E-state index contributed by atoms with van der Waals surface area (Å²) < 4.78 is 5.46. The number of benzene rings is 1. The second-order valence-electron chi connectivity index (χ2n) is 3.88. The van der Waals surface area contributed by atoms with Crippen LogP contribution in [0.15, 0.2) is 22.7 Å². The van der Waals surface area contributed by atoms with E-state index in [-0.39, 0.29) is 5.56 Å². The van der Waals surface area contributed by atoms with E-state index in [2.05, 4.69) is 21.2 Å². The Bertz CT molecular complexity index is 547. The summed E-state index contributed by atoms with van der Waals surface area (Å²) in [4.78, 5) is 33.7. The maximum Gasteiger partial charge on any atom is 0.326 e. The molecule has 0 fully saturated rings. The van der Waals surface area contributed by atoms with Crippen LogP contribution >= 0.6 is 15.9 Å². The van der Waals surface area contributed by atoms with E-state index in [4.69, 9.17) is 15.6 Å². The molecule has 0 bridgehead atoms. The Morgan fingerprint density at radius 1 is 1.45 bits per heavy atom. The molecule has 8 heteroatoms. The van der Waals surface area contributed by atoms with Gasteiger partial charge in [-0.2, -0.15) is 0 Å². The van der Waals surface area contributed by atoms with E-state index in [9.17, 15) is 14.4 Å². The molecular formula is C12H13BrN2O5. The number of hydrogen-bond donors (Lipinski definition) is 3. The predicted molar refractivity (Wildman–Crippen MR) is 73.4 cm³/mol. The van der Waals surface area contributed by atoms with E-state index in [0.717, 1.165) is 0 Å². The molecule has 1 aromatic rings. The van der Waals surface area contributed by atoms with Crippen molar-refractivity contribution in [1.29, 1.82) is 0 Å². The van der Waals surface area contributed by atoms with Crippen LogP contribution in [0, 0.1) is 0 Å². The highest BCUT2D eigenvalue weighted by Gasteiger charge is 2.23. The molecule has 0 aliphatic rings. The highest BCUT2D eigenvalue weighted by molar-refractivity contribution is 9.10. The van der Waals surface area contributed by atoms with Gasteiger partial charge in [0, 0.05) is 4.47 Å². The predicted octanol–water partition coefficient (Wildman–Crippen LogP) is 0.516. The number of halogens is 1. The number of nitrogens with one attached hydrogen (secondary N) is 1. The van der Waals surface area contributed by atoms with Gasteiger partial charge in [-0.05, 0) is 34.1 Å². The van der Waals surface area contributed by atoms with Gasteiger partial charge in [0.2, 0.25) is 5.91 Å². The van der Waals surface area contributed by atoms with Crippen LogP contribution in [0.5, 0.6) is 5.75 Å². The second-order valence-corrected chi connectivity index (χ2v) is 4.73. The van der Waals surface area contributed by atoms with Gasteiger partial charge in [-0.1, -0.05) is 0 Å². The third-order valence-corrected chi connectivity index (χ3v) is 3.12. The Morgan fingerprint density at radius 2 is 2.10 bits per heavy atom. The number of primary amides is 1. The lowest BCUT2D eigenvalue weighted by Crippen LogP contribution is -2.43. The number of aliphatic carboxylic acids is 1. The van der Waals surface area contributed by atoms with Crippen LogP contribution < -0.4 is 15.8 Å². The molecule has 1 aromatic carbocycles. The van der Waals surface area contributed by atoms with Gasteiger partial charge in [-0.15, -0.1) is 0 Å². The summed E-state index contributed by atoms with van der Waals surface area (Å²) in [6.45, 7) is 0. The standard InChI is InChI=1S/C12H13BrN2O5/c1-20-6-2-3-8(13)7(4-6)11(17)15-9(12(18)19)5-10(14)16/h2-4,9H,5H2,1H3,(H2,14,16)(H,15,17)(H,18,19)/t9-/m1/s1. The van der Waals surface area contributed by atoms with Crippen molar-refractivity contribution in [3.05, 3.63) is 28.2 Å². The molecule has 20 heavy (non-hydrogen) atoms. The van der Waals surface area contributed by atoms with Crippen LogP contribution in [-0.2, 0) is 9.59 Å². The van der Waals surface area contributed by atoms with Gasteiger partial charge in [-0.25, -0.2) is 4.79 Å². The number of methoxy groups -OCH3 is 1. The van der Waals surface area contributed by atoms with Gasteiger partial charge in [0.05, 0.1) is 19.1 Å². The zero-order valence-electron chi connectivity index (χ0n) is 10.6. The van der Waals surface area contributed by atoms with E-state index >= 15 is 0 Å². The van der Waals surface area contributed by atoms with Crippen molar-refractivity contribution in [1.82, 2.24) is 5.32 Å². The average molecular weight is 345 g/mol. The van der Waals surface area contributed by atoms with Gasteiger partial charge in [0.15, 0.2) is 0 Å². The Hall–Kier alpha value is -2.09. The Kier molecular flexibility index (Phi) is 5.51. The van der Waals surface area contributed by atoms with E-state index in [1.54, 1.807) is 12.1 Å². The third kappa shape index (κ3) is 4.23. The minimum Gasteiger partial charge on any atom is -0.497 e. The first-order valence-electron chi connectivity index (χ1n) is 5.50. The zero-order chi connectivity index (χ0) is 15.3. The number of carboxylic acid groups (broad SMARTS) is 1. The van der Waals surface area contributed by atoms with Crippen LogP contribution in [-0.4, -0.2) is 36.0 Å². The maximum atomic E-state index is 12.0. The highest BCUT2D eigenvalue weighted by Crippen LogP contribution is 2.22. The summed E-state index contributed by atoms with van der Waals surface area (Å²) in [6.07, 6.45) is -0.483. The van der Waals surface area contributed by atoms with E-state index in [1.807, 2.05) is 0 Å². The Labute approximate surface area is 123 Å². The van der Waals surface area contributed by atoms with E-state index in [0.29, 0.717) is 10.2 Å². The van der Waals surface area contributed by atoms with Crippen LogP contribution in [0.3, 0.4) is 0 Å². The summed E-state index contributed by atoms with van der Waals surface area (Å²) in [5.74, 6) is -2.36. The number of ether oxygens (including phenoxy) is 1. The van der Waals surface area contributed by atoms with Crippen molar-refractivity contribution in [2.24, 2.45) is 5.73 Å². The molecule has 1 rings (SSSR count). The summed E-state index contributed by atoms with van der Waals surface area (Å²) in [5, 5.41) is 11.2. The Morgan fingerprint density at radius 3 is 2.60 bits per heavy atom. The van der Waals surface area contributed by atoms with Crippen LogP contribution in [0.2, 0.25) is 0 Å². The summed E-state index contributed by atoms with van der Waals surface area (Å²) >= 11 is 3.18. The molecule has 1 atom stereocenters. The molecule has 0 unspecified atom stereocenters. The fraction of sp³-hybridized carbons (Fsp3) is 0.250. The highest BCUT2D eigenvalue weighted by atomic mass is 79.9. The number of amides is 2. The lowest BCUT2D eigenvalue weighted by Gasteiger charge is -2.14. The molecule has 4 N–H and O–H groups in total. The van der Waals surface area contributed by atoms with Gasteiger partial charge in [-0.3, -0.25) is 9.59 Å². The van der Waals surface area contributed by atoms with Crippen LogP contribution in [0.1, 0.15) is 16.8 Å². The summed E-state index contributed by atoms with van der Waals surface area (Å²) in [6, 6.07) is 3.30. The quantitative estimate of drug-likeness (QED) is 0.694. The molecule has 108 valence electrons.